The van der Waals surface area contributed by atoms with Gasteiger partial charge in [0.15, 0.2) is 5.69 Å². The number of amides is 1. The van der Waals surface area contributed by atoms with Crippen LogP contribution in [0.3, 0.4) is 0 Å². The van der Waals surface area contributed by atoms with Gasteiger partial charge in [0.1, 0.15) is 11.6 Å². The first-order valence-electron chi connectivity index (χ1n) is 8.33. The Labute approximate surface area is 149 Å². The molecule has 0 radical (unpaired) electrons. The number of rotatable bonds is 3. The van der Waals surface area contributed by atoms with Crippen LogP contribution in [0.25, 0.3) is 11.3 Å². The van der Waals surface area contributed by atoms with Crippen LogP contribution >= 0.6 is 0 Å². The first-order chi connectivity index (χ1) is 12.2. The summed E-state index contributed by atoms with van der Waals surface area (Å²) >= 11 is 0. The van der Waals surface area contributed by atoms with E-state index in [-0.39, 0.29) is 60.3 Å². The molecule has 0 spiro atoms. The van der Waals surface area contributed by atoms with Gasteiger partial charge in [-0.05, 0) is 37.5 Å². The van der Waals surface area contributed by atoms with Crippen LogP contribution in [0.2, 0.25) is 0 Å². The number of phenolic OH excluding ortho intramolecular Hbond substituents is 1. The van der Waals surface area contributed by atoms with Crippen LogP contribution in [0.1, 0.15) is 53.5 Å². The number of halogens is 2. The molecule has 0 saturated heterocycles. The smallest absolute Gasteiger partial charge is 0.269 e. The van der Waals surface area contributed by atoms with Gasteiger partial charge in [-0.3, -0.25) is 4.79 Å². The molecule has 0 bridgehead atoms. The highest BCUT2D eigenvalue weighted by Gasteiger charge is 2.37. The number of nitrogens with two attached hydrogens (primary N) is 2. The average Bonchev–Trinajstić information content (AvgIpc) is 2.57. The largest absolute Gasteiger partial charge is 0.508 e. The molecular formula is C18H20F2N4O2. The highest BCUT2D eigenvalue weighted by atomic mass is 19.3. The lowest BCUT2D eigenvalue weighted by Crippen LogP contribution is -2.26. The zero-order valence-electron chi connectivity index (χ0n) is 14.3. The molecule has 1 aliphatic rings. The molecule has 1 heterocycles. The van der Waals surface area contributed by atoms with Crippen molar-refractivity contribution in [3.8, 4) is 17.0 Å². The molecule has 138 valence electrons. The van der Waals surface area contributed by atoms with E-state index in [9.17, 15) is 18.7 Å². The Hall–Kier alpha value is -2.77. The summed E-state index contributed by atoms with van der Waals surface area (Å²) in [6.07, 6.45) is -0.0727. The van der Waals surface area contributed by atoms with Crippen molar-refractivity contribution < 1.29 is 18.7 Å². The summed E-state index contributed by atoms with van der Waals surface area (Å²) in [5.74, 6) is -3.50. The number of alkyl halides is 2. The summed E-state index contributed by atoms with van der Waals surface area (Å²) < 4.78 is 26.9. The molecular weight excluding hydrogens is 342 g/mol. The molecule has 1 aromatic heterocycles. The van der Waals surface area contributed by atoms with Gasteiger partial charge in [-0.15, -0.1) is 0 Å². The van der Waals surface area contributed by atoms with Crippen molar-refractivity contribution in [2.75, 3.05) is 5.73 Å². The van der Waals surface area contributed by atoms with E-state index in [0.29, 0.717) is 5.56 Å². The molecule has 2 aromatic rings. The van der Waals surface area contributed by atoms with Gasteiger partial charge in [-0.2, -0.15) is 0 Å². The number of nitrogen functional groups attached to an aromatic ring is 1. The van der Waals surface area contributed by atoms with E-state index < -0.39 is 11.8 Å². The summed E-state index contributed by atoms with van der Waals surface area (Å²) in [5, 5.41) is 9.78. The fraction of sp³-hybridized carbons (Fsp3) is 0.389. The molecule has 3 rings (SSSR count). The lowest BCUT2D eigenvalue weighted by molar-refractivity contribution is -0.0387. The molecule has 0 atom stereocenters. The van der Waals surface area contributed by atoms with E-state index in [1.165, 1.54) is 12.1 Å². The van der Waals surface area contributed by atoms with Crippen molar-refractivity contribution in [3.05, 3.63) is 35.3 Å². The third kappa shape index (κ3) is 3.44. The van der Waals surface area contributed by atoms with Crippen LogP contribution in [0.15, 0.2) is 18.2 Å². The lowest BCUT2D eigenvalue weighted by Gasteiger charge is -2.27. The number of nitrogens with zero attached hydrogens (tertiary/aromatic N) is 2. The molecule has 0 unspecified atom stereocenters. The summed E-state index contributed by atoms with van der Waals surface area (Å²) in [5.41, 5.74) is 12.9. The van der Waals surface area contributed by atoms with Crippen molar-refractivity contribution in [2.45, 2.75) is 44.4 Å². The lowest BCUT2D eigenvalue weighted by atomic mass is 9.86. The second-order valence-electron chi connectivity index (χ2n) is 6.69. The molecule has 0 aliphatic heterocycles. The Morgan fingerprint density at radius 2 is 1.92 bits per heavy atom. The monoisotopic (exact) mass is 362 g/mol. The van der Waals surface area contributed by atoms with Crippen LogP contribution in [0.5, 0.6) is 5.75 Å². The van der Waals surface area contributed by atoms with Crippen molar-refractivity contribution >= 4 is 11.6 Å². The van der Waals surface area contributed by atoms with Gasteiger partial charge in [0.2, 0.25) is 5.92 Å². The average molecular weight is 362 g/mol. The van der Waals surface area contributed by atoms with Crippen molar-refractivity contribution in [2.24, 2.45) is 5.73 Å². The maximum Gasteiger partial charge on any atom is 0.269 e. The minimum atomic E-state index is -2.68. The second-order valence-corrected chi connectivity index (χ2v) is 6.69. The third-order valence-electron chi connectivity index (χ3n) is 4.75. The molecule has 6 nitrogen and oxygen atoms in total. The Morgan fingerprint density at radius 1 is 1.27 bits per heavy atom. The predicted octanol–water partition coefficient (Wildman–Crippen LogP) is 3.13. The summed E-state index contributed by atoms with van der Waals surface area (Å²) in [6.45, 7) is 1.81. The summed E-state index contributed by atoms with van der Waals surface area (Å²) in [4.78, 5) is 20.4. The summed E-state index contributed by atoms with van der Waals surface area (Å²) in [7, 11) is 0. The summed E-state index contributed by atoms with van der Waals surface area (Å²) in [6, 6.07) is 4.70. The van der Waals surface area contributed by atoms with Crippen molar-refractivity contribution in [3.63, 3.8) is 0 Å². The van der Waals surface area contributed by atoms with Crippen LogP contribution < -0.4 is 11.5 Å². The Balaban J connectivity index is 2.11. The van der Waals surface area contributed by atoms with Gasteiger partial charge in [0, 0.05) is 24.3 Å². The van der Waals surface area contributed by atoms with E-state index in [2.05, 4.69) is 9.97 Å². The second kappa shape index (κ2) is 6.51. The molecule has 26 heavy (non-hydrogen) atoms. The minimum absolute atomic E-state index is 0.0103. The van der Waals surface area contributed by atoms with E-state index in [4.69, 9.17) is 11.5 Å². The zero-order chi connectivity index (χ0) is 19.1. The molecule has 1 saturated carbocycles. The maximum atomic E-state index is 13.4. The topological polar surface area (TPSA) is 115 Å². The number of hydrogen-bond donors (Lipinski definition) is 3. The van der Waals surface area contributed by atoms with Gasteiger partial charge in [-0.1, -0.05) is 6.07 Å². The molecule has 5 N–H and O–H groups in total. The molecule has 1 aliphatic carbocycles. The minimum Gasteiger partial charge on any atom is -0.508 e. The predicted molar refractivity (Wildman–Crippen MR) is 93.0 cm³/mol. The van der Waals surface area contributed by atoms with Crippen LogP contribution in [0.4, 0.5) is 14.5 Å². The molecule has 1 amide bonds. The van der Waals surface area contributed by atoms with E-state index in [1.54, 1.807) is 13.0 Å². The maximum absolute atomic E-state index is 13.4. The van der Waals surface area contributed by atoms with Crippen molar-refractivity contribution in [1.29, 1.82) is 0 Å². The van der Waals surface area contributed by atoms with E-state index in [0.717, 1.165) is 5.56 Å². The Kier molecular flexibility index (Phi) is 4.52. The Bertz CT molecular complexity index is 861. The normalized spacial score (nSPS) is 17.2. The van der Waals surface area contributed by atoms with E-state index >= 15 is 0 Å². The number of aromatic nitrogens is 2. The third-order valence-corrected chi connectivity index (χ3v) is 4.75. The molecule has 8 heteroatoms. The number of phenols is 1. The fourth-order valence-electron chi connectivity index (χ4n) is 3.23. The van der Waals surface area contributed by atoms with Crippen LogP contribution in [-0.4, -0.2) is 26.9 Å². The van der Waals surface area contributed by atoms with Crippen LogP contribution in [-0.2, 0) is 0 Å². The highest BCUT2D eigenvalue weighted by Crippen LogP contribution is 2.41. The standard InChI is InChI=1S/C18H20F2N4O2/c1-9-2-3-11(25)8-12(9)14-13(21)15(16(22)26)24-17(23-14)10-4-6-18(19,20)7-5-10/h2-3,8,10,25H,4-7,21H2,1H3,(H2,22,26). The van der Waals surface area contributed by atoms with Gasteiger partial charge in [0.05, 0.1) is 11.4 Å². The number of carbonyl (C=O) groups excluding carboxylic acids is 1. The first-order valence-corrected chi connectivity index (χ1v) is 8.33. The SMILES string of the molecule is Cc1ccc(O)cc1-c1nc(C2CCC(F)(F)CC2)nc(C(N)=O)c1N. The van der Waals surface area contributed by atoms with Gasteiger partial charge >= 0.3 is 0 Å². The van der Waals surface area contributed by atoms with Gasteiger partial charge < -0.3 is 16.6 Å². The number of benzene rings is 1. The number of carbonyl (C=O) groups is 1. The van der Waals surface area contributed by atoms with Crippen LogP contribution in [0, 0.1) is 6.92 Å². The fourth-order valence-corrected chi connectivity index (χ4v) is 3.23. The molecule has 1 aromatic carbocycles. The van der Waals surface area contributed by atoms with Crippen molar-refractivity contribution in [1.82, 2.24) is 9.97 Å². The quantitative estimate of drug-likeness (QED) is 0.776. The number of anilines is 1. The number of hydrogen-bond acceptors (Lipinski definition) is 5. The number of aromatic hydroxyl groups is 1. The molecule has 1 fully saturated rings. The zero-order valence-corrected chi connectivity index (χ0v) is 14.3. The first kappa shape index (κ1) is 18.0. The highest BCUT2D eigenvalue weighted by molar-refractivity contribution is 5.99. The van der Waals surface area contributed by atoms with Gasteiger partial charge in [-0.25, -0.2) is 18.7 Å². The van der Waals surface area contributed by atoms with E-state index in [1.807, 2.05) is 0 Å². The number of primary amides is 1. The Morgan fingerprint density at radius 3 is 2.54 bits per heavy atom. The number of aryl methyl sites for hydroxylation is 1. The van der Waals surface area contributed by atoms with Gasteiger partial charge in [0.25, 0.3) is 5.91 Å².